The molecule has 1 fully saturated rings. The standard InChI is InChI=1S/C25H26O9/c1-3-12-32-24(31)22-20(28)19(27)21(29)25(33-22)34-23(30)14(2)16-10-7-11-17(13-16)18(26)15-8-5-4-6-9-15/h3-11,13-14,19-22,25,27-29H,1,12H2,2H3/t14?,19?,20-,21-,22?,25-/m0/s1. The molecule has 1 aliphatic heterocycles. The molecule has 3 unspecified atom stereocenters. The Bertz CT molecular complexity index is 1040. The van der Waals surface area contributed by atoms with E-state index < -0.39 is 48.6 Å². The first kappa shape index (κ1) is 25.3. The van der Waals surface area contributed by atoms with Gasteiger partial charge in [-0.25, -0.2) is 4.79 Å². The molecular formula is C25H26O9. The second-order valence-electron chi connectivity index (χ2n) is 7.79. The molecule has 1 heterocycles. The van der Waals surface area contributed by atoms with Crippen LogP contribution in [0.4, 0.5) is 0 Å². The third kappa shape index (κ3) is 5.57. The van der Waals surface area contributed by atoms with Gasteiger partial charge in [-0.2, -0.15) is 0 Å². The second kappa shape index (κ2) is 11.2. The van der Waals surface area contributed by atoms with Crippen LogP contribution in [0.25, 0.3) is 0 Å². The minimum absolute atomic E-state index is 0.163. The van der Waals surface area contributed by atoms with Gasteiger partial charge < -0.3 is 29.5 Å². The number of carbonyl (C=O) groups excluding carboxylic acids is 3. The summed E-state index contributed by atoms with van der Waals surface area (Å²) in [6.45, 7) is 4.77. The Kier molecular flexibility index (Phi) is 8.30. The number of rotatable bonds is 8. The summed E-state index contributed by atoms with van der Waals surface area (Å²) in [5.74, 6) is -2.95. The molecule has 2 aromatic rings. The molecule has 34 heavy (non-hydrogen) atoms. The van der Waals surface area contributed by atoms with E-state index in [0.29, 0.717) is 16.7 Å². The molecule has 0 saturated carbocycles. The number of benzene rings is 2. The second-order valence-corrected chi connectivity index (χ2v) is 7.79. The third-order valence-electron chi connectivity index (χ3n) is 5.42. The van der Waals surface area contributed by atoms with Crippen LogP contribution in [0.15, 0.2) is 67.3 Å². The molecule has 0 spiro atoms. The van der Waals surface area contributed by atoms with E-state index in [2.05, 4.69) is 6.58 Å². The maximum atomic E-state index is 12.8. The zero-order chi connectivity index (χ0) is 24.8. The summed E-state index contributed by atoms with van der Waals surface area (Å²) in [5, 5.41) is 30.4. The van der Waals surface area contributed by atoms with Gasteiger partial charge in [-0.1, -0.05) is 61.2 Å². The molecule has 9 nitrogen and oxygen atoms in total. The molecule has 2 aromatic carbocycles. The van der Waals surface area contributed by atoms with Crippen molar-refractivity contribution in [2.24, 2.45) is 0 Å². The molecule has 0 aliphatic carbocycles. The Morgan fingerprint density at radius 3 is 2.35 bits per heavy atom. The Morgan fingerprint density at radius 1 is 1.00 bits per heavy atom. The van der Waals surface area contributed by atoms with E-state index in [-0.39, 0.29) is 12.4 Å². The number of ether oxygens (including phenoxy) is 3. The van der Waals surface area contributed by atoms with Gasteiger partial charge in [0.2, 0.25) is 6.29 Å². The van der Waals surface area contributed by atoms with Crippen molar-refractivity contribution in [2.45, 2.75) is 43.5 Å². The van der Waals surface area contributed by atoms with Gasteiger partial charge in [0.1, 0.15) is 24.9 Å². The van der Waals surface area contributed by atoms with E-state index in [0.717, 1.165) is 0 Å². The van der Waals surface area contributed by atoms with E-state index in [4.69, 9.17) is 14.2 Å². The van der Waals surface area contributed by atoms with Crippen molar-refractivity contribution in [2.75, 3.05) is 6.61 Å². The highest BCUT2D eigenvalue weighted by Crippen LogP contribution is 2.26. The largest absolute Gasteiger partial charge is 0.459 e. The summed E-state index contributed by atoms with van der Waals surface area (Å²) >= 11 is 0. The normalized spacial score (nSPS) is 25.1. The fourth-order valence-electron chi connectivity index (χ4n) is 3.42. The van der Waals surface area contributed by atoms with Crippen LogP contribution < -0.4 is 0 Å². The van der Waals surface area contributed by atoms with Crippen molar-refractivity contribution >= 4 is 17.7 Å². The number of aliphatic hydroxyl groups is 3. The van der Waals surface area contributed by atoms with E-state index in [9.17, 15) is 29.7 Å². The molecule has 3 rings (SSSR count). The van der Waals surface area contributed by atoms with Gasteiger partial charge in [0.05, 0.1) is 5.92 Å². The third-order valence-corrected chi connectivity index (χ3v) is 5.42. The molecule has 1 saturated heterocycles. The van der Waals surface area contributed by atoms with Crippen LogP contribution in [-0.4, -0.2) is 70.4 Å². The molecule has 180 valence electrons. The average molecular weight is 470 g/mol. The quantitative estimate of drug-likeness (QED) is 0.294. The summed E-state index contributed by atoms with van der Waals surface area (Å²) in [6, 6.07) is 15.1. The van der Waals surface area contributed by atoms with E-state index >= 15 is 0 Å². The van der Waals surface area contributed by atoms with Crippen molar-refractivity contribution in [3.63, 3.8) is 0 Å². The molecule has 3 N–H and O–H groups in total. The lowest BCUT2D eigenvalue weighted by atomic mass is 9.95. The minimum Gasteiger partial charge on any atom is -0.459 e. The number of esters is 2. The van der Waals surface area contributed by atoms with Crippen molar-refractivity contribution in [3.05, 3.63) is 83.9 Å². The predicted molar refractivity (Wildman–Crippen MR) is 119 cm³/mol. The van der Waals surface area contributed by atoms with Crippen molar-refractivity contribution < 1.29 is 43.9 Å². The van der Waals surface area contributed by atoms with Crippen LogP contribution in [0.3, 0.4) is 0 Å². The predicted octanol–water partition coefficient (Wildman–Crippen LogP) is 1.10. The molecular weight excluding hydrogens is 444 g/mol. The van der Waals surface area contributed by atoms with Crippen molar-refractivity contribution in [1.82, 2.24) is 0 Å². The fraction of sp³-hybridized carbons (Fsp3) is 0.320. The highest BCUT2D eigenvalue weighted by Gasteiger charge is 2.49. The average Bonchev–Trinajstić information content (AvgIpc) is 2.87. The van der Waals surface area contributed by atoms with Crippen LogP contribution in [0.1, 0.15) is 34.3 Å². The van der Waals surface area contributed by atoms with Gasteiger partial charge in [-0.05, 0) is 18.6 Å². The first-order valence-electron chi connectivity index (χ1n) is 10.6. The molecule has 9 heteroatoms. The van der Waals surface area contributed by atoms with Gasteiger partial charge in [-0.15, -0.1) is 0 Å². The molecule has 6 atom stereocenters. The van der Waals surface area contributed by atoms with Gasteiger partial charge in [0, 0.05) is 11.1 Å². The van der Waals surface area contributed by atoms with Gasteiger partial charge in [0.25, 0.3) is 0 Å². The topological polar surface area (TPSA) is 140 Å². The van der Waals surface area contributed by atoms with Crippen molar-refractivity contribution in [3.8, 4) is 0 Å². The minimum atomic E-state index is -1.82. The highest BCUT2D eigenvalue weighted by atomic mass is 16.7. The van der Waals surface area contributed by atoms with Gasteiger partial charge >= 0.3 is 11.9 Å². The highest BCUT2D eigenvalue weighted by molar-refractivity contribution is 6.09. The van der Waals surface area contributed by atoms with Crippen LogP contribution in [0, 0.1) is 0 Å². The summed E-state index contributed by atoms with van der Waals surface area (Å²) in [4.78, 5) is 37.6. The smallest absolute Gasteiger partial charge is 0.338 e. The molecule has 0 radical (unpaired) electrons. The number of aliphatic hydroxyl groups excluding tert-OH is 3. The van der Waals surface area contributed by atoms with E-state index in [1.54, 1.807) is 54.6 Å². The van der Waals surface area contributed by atoms with Crippen LogP contribution in [0.5, 0.6) is 0 Å². The molecule has 0 aromatic heterocycles. The summed E-state index contributed by atoms with van der Waals surface area (Å²) in [6.07, 6.45) is -7.54. The van der Waals surface area contributed by atoms with E-state index in [1.807, 2.05) is 0 Å². The SMILES string of the molecule is C=CCOC(=O)C1O[C@@H](OC(=O)C(C)c2cccc(C(=O)c3ccccc3)c2)[C@@H](O)C(O)[C@@H]1O. The van der Waals surface area contributed by atoms with Gasteiger partial charge in [-0.3, -0.25) is 9.59 Å². The molecule has 1 aliphatic rings. The lowest BCUT2D eigenvalue weighted by Crippen LogP contribution is -2.61. The Balaban J connectivity index is 1.72. The number of ketones is 1. The van der Waals surface area contributed by atoms with Crippen molar-refractivity contribution in [1.29, 1.82) is 0 Å². The van der Waals surface area contributed by atoms with Crippen LogP contribution in [-0.2, 0) is 23.8 Å². The van der Waals surface area contributed by atoms with E-state index in [1.165, 1.54) is 13.0 Å². The first-order chi connectivity index (χ1) is 16.2. The monoisotopic (exact) mass is 470 g/mol. The fourth-order valence-corrected chi connectivity index (χ4v) is 3.42. The van der Waals surface area contributed by atoms with Gasteiger partial charge in [0.15, 0.2) is 11.9 Å². The Morgan fingerprint density at radius 2 is 1.68 bits per heavy atom. The zero-order valence-corrected chi connectivity index (χ0v) is 18.4. The lowest BCUT2D eigenvalue weighted by molar-refractivity contribution is -0.287. The maximum Gasteiger partial charge on any atom is 0.338 e. The van der Waals surface area contributed by atoms with Crippen LogP contribution in [0.2, 0.25) is 0 Å². The zero-order valence-electron chi connectivity index (χ0n) is 18.4. The Labute approximate surface area is 196 Å². The number of hydrogen-bond donors (Lipinski definition) is 3. The Hall–Kier alpha value is -3.37. The lowest BCUT2D eigenvalue weighted by Gasteiger charge is -2.38. The maximum absolute atomic E-state index is 12.8. The number of carbonyl (C=O) groups is 3. The number of hydrogen-bond acceptors (Lipinski definition) is 9. The summed E-state index contributed by atoms with van der Waals surface area (Å²) in [5.41, 5.74) is 1.34. The van der Waals surface area contributed by atoms with Crippen LogP contribution >= 0.6 is 0 Å². The molecule has 0 bridgehead atoms. The molecule has 0 amide bonds. The first-order valence-corrected chi connectivity index (χ1v) is 10.6. The summed E-state index contributed by atoms with van der Waals surface area (Å²) < 4.78 is 15.3. The summed E-state index contributed by atoms with van der Waals surface area (Å²) in [7, 11) is 0.